The molecule has 1 fully saturated rings. The van der Waals surface area contributed by atoms with Crippen LogP contribution in [0.1, 0.15) is 19.3 Å². The van der Waals surface area contributed by atoms with Crippen molar-refractivity contribution in [2.75, 3.05) is 38.9 Å². The smallest absolute Gasteiger partial charge is 0.241 e. The van der Waals surface area contributed by atoms with Crippen molar-refractivity contribution in [2.45, 2.75) is 25.3 Å². The molecule has 154 valence electrons. The van der Waals surface area contributed by atoms with Crippen LogP contribution in [0.4, 0.5) is 5.69 Å². The second-order valence-electron chi connectivity index (χ2n) is 7.13. The zero-order chi connectivity index (χ0) is 20.1. The normalized spacial score (nSPS) is 17.9. The Hall–Kier alpha value is -2.93. The number of carbonyl (C=O) groups is 1. The van der Waals surface area contributed by atoms with Crippen molar-refractivity contribution in [3.05, 3.63) is 42.5 Å². The first-order valence-electron chi connectivity index (χ1n) is 9.94. The molecule has 2 aliphatic rings. The van der Waals surface area contributed by atoms with E-state index in [9.17, 15) is 4.79 Å². The highest BCUT2D eigenvalue weighted by atomic mass is 16.7. The minimum absolute atomic E-state index is 0.0457. The lowest BCUT2D eigenvalue weighted by atomic mass is 10.2. The predicted octanol–water partition coefficient (Wildman–Crippen LogP) is 3.30. The van der Waals surface area contributed by atoms with Gasteiger partial charge in [-0.2, -0.15) is 0 Å². The number of hydrogen-bond donors (Lipinski definition) is 1. The Morgan fingerprint density at radius 1 is 1.14 bits per heavy atom. The first-order chi connectivity index (χ1) is 14.2. The molecule has 7 heteroatoms. The lowest BCUT2D eigenvalue weighted by molar-refractivity contribution is -0.120. The van der Waals surface area contributed by atoms with E-state index >= 15 is 0 Å². The summed E-state index contributed by atoms with van der Waals surface area (Å²) in [7, 11) is 1.63. The molecule has 2 aromatic rings. The van der Waals surface area contributed by atoms with Crippen molar-refractivity contribution < 1.29 is 23.7 Å². The van der Waals surface area contributed by atoms with Crippen LogP contribution in [0.25, 0.3) is 0 Å². The molecule has 2 aromatic carbocycles. The van der Waals surface area contributed by atoms with E-state index < -0.39 is 0 Å². The van der Waals surface area contributed by atoms with Crippen LogP contribution in [0.5, 0.6) is 23.0 Å². The Kier molecular flexibility index (Phi) is 6.05. The maximum atomic E-state index is 12.7. The predicted molar refractivity (Wildman–Crippen MR) is 109 cm³/mol. The first kappa shape index (κ1) is 19.4. The van der Waals surface area contributed by atoms with Gasteiger partial charge in [-0.15, -0.1) is 0 Å². The molecular weight excluding hydrogens is 372 g/mol. The summed E-state index contributed by atoms with van der Waals surface area (Å²) in [5, 5.41) is 3.01. The quantitative estimate of drug-likeness (QED) is 0.688. The van der Waals surface area contributed by atoms with Crippen molar-refractivity contribution >= 4 is 11.6 Å². The number of ether oxygens (including phenoxy) is 4. The van der Waals surface area contributed by atoms with Crippen LogP contribution in [0.2, 0.25) is 0 Å². The molecule has 7 nitrogen and oxygen atoms in total. The maximum Gasteiger partial charge on any atom is 0.241 e. The van der Waals surface area contributed by atoms with E-state index in [1.807, 2.05) is 42.5 Å². The number of carbonyl (C=O) groups excluding carboxylic acids is 1. The van der Waals surface area contributed by atoms with Crippen molar-refractivity contribution in [1.82, 2.24) is 4.90 Å². The highest BCUT2D eigenvalue weighted by Crippen LogP contribution is 2.35. The fraction of sp³-hybridized carbons (Fsp3) is 0.409. The highest BCUT2D eigenvalue weighted by Gasteiger charge is 2.30. The van der Waals surface area contributed by atoms with E-state index in [0.717, 1.165) is 61.0 Å². The highest BCUT2D eigenvalue weighted by molar-refractivity contribution is 5.95. The Labute approximate surface area is 170 Å². The molecule has 2 aliphatic heterocycles. The number of likely N-dealkylation sites (tertiary alicyclic amines) is 1. The molecule has 0 spiro atoms. The van der Waals surface area contributed by atoms with Gasteiger partial charge in [-0.1, -0.05) is 0 Å². The fourth-order valence-electron chi connectivity index (χ4n) is 3.71. The monoisotopic (exact) mass is 398 g/mol. The fourth-order valence-corrected chi connectivity index (χ4v) is 3.71. The van der Waals surface area contributed by atoms with E-state index in [4.69, 9.17) is 18.9 Å². The van der Waals surface area contributed by atoms with Crippen LogP contribution in [-0.2, 0) is 4.79 Å². The van der Waals surface area contributed by atoms with Crippen molar-refractivity contribution in [3.8, 4) is 23.0 Å². The van der Waals surface area contributed by atoms with E-state index in [1.165, 1.54) is 0 Å². The van der Waals surface area contributed by atoms with Gasteiger partial charge in [0.1, 0.15) is 11.5 Å². The van der Waals surface area contributed by atoms with Gasteiger partial charge in [-0.05, 0) is 62.2 Å². The third-order valence-electron chi connectivity index (χ3n) is 5.23. The van der Waals surface area contributed by atoms with Crippen LogP contribution in [0.3, 0.4) is 0 Å². The molecule has 29 heavy (non-hydrogen) atoms. The average molecular weight is 398 g/mol. The standard InChI is InChI=1S/C22H26N2O5/c1-26-17-7-5-16(6-8-17)23-22(25)19-4-2-11-24(19)12-3-13-27-18-9-10-20-21(14-18)29-15-28-20/h5-10,14,19H,2-4,11-13,15H2,1H3,(H,23,25). The van der Waals surface area contributed by atoms with E-state index in [-0.39, 0.29) is 18.7 Å². The molecule has 1 N–H and O–H groups in total. The topological polar surface area (TPSA) is 69.3 Å². The summed E-state index contributed by atoms with van der Waals surface area (Å²) in [4.78, 5) is 14.9. The molecule has 0 aliphatic carbocycles. The Bertz CT molecular complexity index is 840. The van der Waals surface area contributed by atoms with Gasteiger partial charge in [0, 0.05) is 18.3 Å². The molecule has 0 bridgehead atoms. The number of rotatable bonds is 8. The number of anilines is 1. The molecule has 2 heterocycles. The number of methoxy groups -OCH3 is 1. The number of nitrogens with zero attached hydrogens (tertiary/aromatic N) is 1. The summed E-state index contributed by atoms with van der Waals surface area (Å²) in [6.45, 7) is 2.60. The van der Waals surface area contributed by atoms with Crippen LogP contribution in [0, 0.1) is 0 Å². The van der Waals surface area contributed by atoms with Gasteiger partial charge in [0.2, 0.25) is 12.7 Å². The van der Waals surface area contributed by atoms with E-state index in [2.05, 4.69) is 10.2 Å². The third-order valence-corrected chi connectivity index (χ3v) is 5.23. The largest absolute Gasteiger partial charge is 0.497 e. The van der Waals surface area contributed by atoms with Gasteiger partial charge in [0.15, 0.2) is 11.5 Å². The SMILES string of the molecule is COc1ccc(NC(=O)C2CCCN2CCCOc2ccc3c(c2)OCO3)cc1. The zero-order valence-electron chi connectivity index (χ0n) is 16.6. The van der Waals surface area contributed by atoms with Gasteiger partial charge < -0.3 is 24.3 Å². The lowest BCUT2D eigenvalue weighted by Gasteiger charge is -2.23. The summed E-state index contributed by atoms with van der Waals surface area (Å²) in [6, 6.07) is 12.9. The molecule has 4 rings (SSSR count). The Morgan fingerprint density at radius 3 is 2.76 bits per heavy atom. The molecule has 0 radical (unpaired) electrons. The summed E-state index contributed by atoms with van der Waals surface area (Å²) >= 11 is 0. The van der Waals surface area contributed by atoms with E-state index in [0.29, 0.717) is 6.61 Å². The van der Waals surface area contributed by atoms with Crippen molar-refractivity contribution in [2.24, 2.45) is 0 Å². The average Bonchev–Trinajstić information content (AvgIpc) is 3.40. The minimum Gasteiger partial charge on any atom is -0.497 e. The Morgan fingerprint density at radius 2 is 1.93 bits per heavy atom. The third kappa shape index (κ3) is 4.74. The molecule has 0 aromatic heterocycles. The minimum atomic E-state index is -0.0948. The van der Waals surface area contributed by atoms with Crippen LogP contribution < -0.4 is 24.3 Å². The second kappa shape index (κ2) is 9.05. The number of amides is 1. The lowest BCUT2D eigenvalue weighted by Crippen LogP contribution is -2.40. The molecule has 1 unspecified atom stereocenters. The summed E-state index contributed by atoms with van der Waals surface area (Å²) < 4.78 is 21.7. The number of nitrogens with one attached hydrogen (secondary N) is 1. The second-order valence-corrected chi connectivity index (χ2v) is 7.13. The first-order valence-corrected chi connectivity index (χ1v) is 9.94. The van der Waals surface area contributed by atoms with Gasteiger partial charge in [-0.25, -0.2) is 0 Å². The van der Waals surface area contributed by atoms with E-state index in [1.54, 1.807) is 7.11 Å². The zero-order valence-corrected chi connectivity index (χ0v) is 16.6. The van der Waals surface area contributed by atoms with Gasteiger partial charge in [0.05, 0.1) is 19.8 Å². The molecule has 1 amide bonds. The van der Waals surface area contributed by atoms with Crippen LogP contribution in [-0.4, -0.2) is 50.4 Å². The summed E-state index contributed by atoms with van der Waals surface area (Å²) in [5.74, 6) is 3.05. The number of fused-ring (bicyclic) bond motifs is 1. The van der Waals surface area contributed by atoms with Gasteiger partial charge in [0.25, 0.3) is 0 Å². The van der Waals surface area contributed by atoms with Crippen molar-refractivity contribution in [3.63, 3.8) is 0 Å². The summed E-state index contributed by atoms with van der Waals surface area (Å²) in [5.41, 5.74) is 0.786. The van der Waals surface area contributed by atoms with Crippen LogP contribution in [0.15, 0.2) is 42.5 Å². The number of hydrogen-bond acceptors (Lipinski definition) is 6. The van der Waals surface area contributed by atoms with Gasteiger partial charge >= 0.3 is 0 Å². The maximum absolute atomic E-state index is 12.7. The molecular formula is C22H26N2O5. The Balaban J connectivity index is 1.23. The van der Waals surface area contributed by atoms with Crippen LogP contribution >= 0.6 is 0 Å². The van der Waals surface area contributed by atoms with Gasteiger partial charge in [-0.3, -0.25) is 9.69 Å². The summed E-state index contributed by atoms with van der Waals surface area (Å²) in [6.07, 6.45) is 2.76. The molecule has 0 saturated carbocycles. The molecule has 1 saturated heterocycles. The molecule has 1 atom stereocenters. The van der Waals surface area contributed by atoms with Crippen molar-refractivity contribution in [1.29, 1.82) is 0 Å². The number of benzene rings is 2.